The van der Waals surface area contributed by atoms with Gasteiger partial charge in [-0.3, -0.25) is 4.79 Å². The topological polar surface area (TPSA) is 32.3 Å². The van der Waals surface area contributed by atoms with E-state index in [0.29, 0.717) is 6.54 Å². The monoisotopic (exact) mass is 316 g/mol. The van der Waals surface area contributed by atoms with E-state index >= 15 is 0 Å². The van der Waals surface area contributed by atoms with Gasteiger partial charge in [0, 0.05) is 28.3 Å². The first-order valence-corrected chi connectivity index (χ1v) is 7.52. The summed E-state index contributed by atoms with van der Waals surface area (Å²) in [7, 11) is 1.89. The maximum Gasteiger partial charge on any atom is 0.227 e. The van der Waals surface area contributed by atoms with E-state index in [1.54, 1.807) is 11.3 Å². The van der Waals surface area contributed by atoms with Crippen LogP contribution in [0.4, 0.5) is 0 Å². The van der Waals surface area contributed by atoms with Crippen LogP contribution < -0.4 is 5.32 Å². The number of rotatable bonds is 3. The molecule has 0 radical (unpaired) electrons. The Morgan fingerprint density at radius 2 is 2.53 bits per heavy atom. The molecule has 0 saturated carbocycles. The number of carbonyl (C=O) groups excluding carboxylic acids is 1. The van der Waals surface area contributed by atoms with E-state index in [1.165, 1.54) is 4.88 Å². The lowest BCUT2D eigenvalue weighted by Gasteiger charge is -2.26. The highest BCUT2D eigenvalue weighted by Crippen LogP contribution is 2.22. The van der Waals surface area contributed by atoms with Gasteiger partial charge in [-0.25, -0.2) is 0 Å². The van der Waals surface area contributed by atoms with Crippen molar-refractivity contribution >= 4 is 33.2 Å². The van der Waals surface area contributed by atoms with Crippen molar-refractivity contribution < 1.29 is 4.79 Å². The summed E-state index contributed by atoms with van der Waals surface area (Å²) in [6.07, 6.45) is 2.12. The Labute approximate surface area is 114 Å². The molecule has 0 aromatic carbocycles. The zero-order chi connectivity index (χ0) is 12.3. The van der Waals surface area contributed by atoms with Crippen LogP contribution in [-0.2, 0) is 11.3 Å². The van der Waals surface area contributed by atoms with Gasteiger partial charge in [-0.05, 0) is 41.4 Å². The molecule has 1 aromatic heterocycles. The molecule has 0 bridgehead atoms. The lowest BCUT2D eigenvalue weighted by molar-refractivity contribution is -0.135. The average molecular weight is 317 g/mol. The second kappa shape index (κ2) is 5.98. The first kappa shape index (κ1) is 13.1. The second-order valence-electron chi connectivity index (χ2n) is 4.47. The van der Waals surface area contributed by atoms with E-state index in [4.69, 9.17) is 0 Å². The number of hydrogen-bond acceptors (Lipinski definition) is 3. The van der Waals surface area contributed by atoms with E-state index < -0.39 is 0 Å². The zero-order valence-electron chi connectivity index (χ0n) is 9.91. The standard InChI is InChI=1S/C12H17BrN2OS/c1-15(7-11-5-10(13)8-17-11)12(16)9-3-2-4-14-6-9/h5,8-9,14H,2-4,6-7H2,1H3. The summed E-state index contributed by atoms with van der Waals surface area (Å²) in [6.45, 7) is 2.59. The Morgan fingerprint density at radius 1 is 1.71 bits per heavy atom. The molecular weight excluding hydrogens is 300 g/mol. The molecule has 0 aliphatic carbocycles. The molecule has 1 atom stereocenters. The fourth-order valence-electron chi connectivity index (χ4n) is 2.12. The lowest BCUT2D eigenvalue weighted by atomic mass is 9.98. The predicted octanol–water partition coefficient (Wildman–Crippen LogP) is 2.47. The van der Waals surface area contributed by atoms with E-state index in [2.05, 4.69) is 32.7 Å². The van der Waals surface area contributed by atoms with Crippen LogP contribution in [0.2, 0.25) is 0 Å². The van der Waals surface area contributed by atoms with Gasteiger partial charge < -0.3 is 10.2 Å². The summed E-state index contributed by atoms with van der Waals surface area (Å²) in [5, 5.41) is 5.34. The Hall–Kier alpha value is -0.390. The third-order valence-electron chi connectivity index (χ3n) is 3.04. The predicted molar refractivity (Wildman–Crippen MR) is 74.1 cm³/mol. The number of hydrogen-bond donors (Lipinski definition) is 1. The van der Waals surface area contributed by atoms with Crippen molar-refractivity contribution in [3.05, 3.63) is 20.8 Å². The third-order valence-corrected chi connectivity index (χ3v) is 4.72. The molecule has 2 heterocycles. The smallest absolute Gasteiger partial charge is 0.227 e. The van der Waals surface area contributed by atoms with Gasteiger partial charge in [0.2, 0.25) is 5.91 Å². The summed E-state index contributed by atoms with van der Waals surface area (Å²) in [5.74, 6) is 0.430. The van der Waals surface area contributed by atoms with E-state index in [1.807, 2.05) is 11.9 Å². The number of halogens is 1. The molecule has 94 valence electrons. The third kappa shape index (κ3) is 3.53. The highest BCUT2D eigenvalue weighted by atomic mass is 79.9. The Balaban J connectivity index is 1.90. The summed E-state index contributed by atoms with van der Waals surface area (Å²) in [4.78, 5) is 15.3. The van der Waals surface area contributed by atoms with Gasteiger partial charge in [0.1, 0.15) is 0 Å². The molecule has 1 N–H and O–H groups in total. The molecule has 17 heavy (non-hydrogen) atoms. The first-order chi connectivity index (χ1) is 8.16. The Kier molecular flexibility index (Phi) is 4.59. The number of carbonyl (C=O) groups is 1. The van der Waals surface area contributed by atoms with Crippen molar-refractivity contribution in [3.63, 3.8) is 0 Å². The van der Waals surface area contributed by atoms with Crippen LogP contribution in [0.25, 0.3) is 0 Å². The Bertz CT molecular complexity index is 388. The van der Waals surface area contributed by atoms with Crippen LogP contribution >= 0.6 is 27.3 Å². The van der Waals surface area contributed by atoms with Gasteiger partial charge >= 0.3 is 0 Å². The molecule has 1 saturated heterocycles. The molecule has 1 aliphatic rings. The number of nitrogens with zero attached hydrogens (tertiary/aromatic N) is 1. The van der Waals surface area contributed by atoms with Gasteiger partial charge in [0.05, 0.1) is 12.5 Å². The summed E-state index contributed by atoms with van der Waals surface area (Å²) < 4.78 is 1.10. The van der Waals surface area contributed by atoms with Crippen LogP contribution in [-0.4, -0.2) is 30.9 Å². The van der Waals surface area contributed by atoms with Gasteiger partial charge in [0.25, 0.3) is 0 Å². The zero-order valence-corrected chi connectivity index (χ0v) is 12.3. The fourth-order valence-corrected chi connectivity index (χ4v) is 3.63. The minimum atomic E-state index is 0.164. The largest absolute Gasteiger partial charge is 0.340 e. The highest BCUT2D eigenvalue weighted by Gasteiger charge is 2.23. The van der Waals surface area contributed by atoms with Crippen molar-refractivity contribution in [1.82, 2.24) is 10.2 Å². The normalized spacial score (nSPS) is 20.2. The quantitative estimate of drug-likeness (QED) is 0.929. The molecular formula is C12H17BrN2OS. The van der Waals surface area contributed by atoms with Crippen LogP contribution in [0.5, 0.6) is 0 Å². The van der Waals surface area contributed by atoms with Crippen LogP contribution in [0, 0.1) is 5.92 Å². The minimum absolute atomic E-state index is 0.164. The number of thiophene rings is 1. The molecule has 0 spiro atoms. The van der Waals surface area contributed by atoms with Crippen LogP contribution in [0.1, 0.15) is 17.7 Å². The maximum atomic E-state index is 12.2. The second-order valence-corrected chi connectivity index (χ2v) is 6.38. The molecule has 5 heteroatoms. The van der Waals surface area contributed by atoms with Gasteiger partial charge in [-0.2, -0.15) is 0 Å². The highest BCUT2D eigenvalue weighted by molar-refractivity contribution is 9.10. The van der Waals surface area contributed by atoms with Gasteiger partial charge in [0.15, 0.2) is 0 Å². The van der Waals surface area contributed by atoms with Crippen LogP contribution in [0.15, 0.2) is 15.9 Å². The van der Waals surface area contributed by atoms with E-state index in [9.17, 15) is 4.79 Å². The molecule has 1 aliphatic heterocycles. The maximum absolute atomic E-state index is 12.2. The van der Waals surface area contributed by atoms with Crippen molar-refractivity contribution in [1.29, 1.82) is 0 Å². The summed E-state index contributed by atoms with van der Waals surface area (Å²) in [6, 6.07) is 2.08. The molecule has 1 unspecified atom stereocenters. The molecule has 1 fully saturated rings. The lowest BCUT2D eigenvalue weighted by Crippen LogP contribution is -2.41. The van der Waals surface area contributed by atoms with Crippen LogP contribution in [0.3, 0.4) is 0 Å². The Morgan fingerprint density at radius 3 is 3.12 bits per heavy atom. The first-order valence-electron chi connectivity index (χ1n) is 5.85. The van der Waals surface area contributed by atoms with Crippen molar-refractivity contribution in [2.75, 3.05) is 20.1 Å². The molecule has 1 aromatic rings. The SMILES string of the molecule is CN(Cc1cc(Br)cs1)C(=O)C1CCCNC1. The minimum Gasteiger partial charge on any atom is -0.340 e. The van der Waals surface area contributed by atoms with Crippen molar-refractivity contribution in [2.45, 2.75) is 19.4 Å². The van der Waals surface area contributed by atoms with E-state index in [0.717, 1.165) is 30.4 Å². The number of amides is 1. The van der Waals surface area contributed by atoms with E-state index in [-0.39, 0.29) is 11.8 Å². The summed E-state index contributed by atoms with van der Waals surface area (Å²) >= 11 is 5.12. The molecule has 3 nitrogen and oxygen atoms in total. The summed E-state index contributed by atoms with van der Waals surface area (Å²) in [5.41, 5.74) is 0. The van der Waals surface area contributed by atoms with Gasteiger partial charge in [-0.15, -0.1) is 11.3 Å². The number of nitrogens with one attached hydrogen (secondary N) is 1. The molecule has 1 amide bonds. The van der Waals surface area contributed by atoms with Crippen molar-refractivity contribution in [2.24, 2.45) is 5.92 Å². The van der Waals surface area contributed by atoms with Gasteiger partial charge in [-0.1, -0.05) is 0 Å². The average Bonchev–Trinajstić information content (AvgIpc) is 2.75. The fraction of sp³-hybridized carbons (Fsp3) is 0.583. The number of piperidine rings is 1. The van der Waals surface area contributed by atoms with Crippen molar-refractivity contribution in [3.8, 4) is 0 Å². The molecule has 2 rings (SSSR count).